The molecule has 0 bridgehead atoms. The molecule has 4 aliphatic carbocycles. The summed E-state index contributed by atoms with van der Waals surface area (Å²) in [4.78, 5) is 0. The van der Waals surface area contributed by atoms with Crippen LogP contribution in [0, 0.1) is 46.3 Å². The van der Waals surface area contributed by atoms with Crippen molar-refractivity contribution in [2.45, 2.75) is 104 Å². The highest BCUT2D eigenvalue weighted by molar-refractivity contribution is 5.25. The van der Waals surface area contributed by atoms with Crippen molar-refractivity contribution in [3.05, 3.63) is 11.6 Å². The first-order valence-corrected chi connectivity index (χ1v) is 12.8. The number of fused-ring (bicyclic) bond motifs is 5. The number of aliphatic hydroxyl groups excluding tert-OH is 2. The Morgan fingerprint density at radius 2 is 1.83 bits per heavy atom. The van der Waals surface area contributed by atoms with Crippen molar-refractivity contribution in [2.75, 3.05) is 6.61 Å². The van der Waals surface area contributed by atoms with E-state index in [0.717, 1.165) is 42.4 Å². The lowest BCUT2D eigenvalue weighted by atomic mass is 9.47. The summed E-state index contributed by atoms with van der Waals surface area (Å²) in [6.45, 7) is 10.2. The van der Waals surface area contributed by atoms with Crippen molar-refractivity contribution in [3.8, 4) is 0 Å². The molecule has 0 radical (unpaired) electrons. The predicted molar refractivity (Wildman–Crippen MR) is 120 cm³/mol. The Morgan fingerprint density at radius 1 is 1.03 bits per heavy atom. The van der Waals surface area contributed by atoms with Gasteiger partial charge in [-0.3, -0.25) is 0 Å². The third kappa shape index (κ3) is 3.75. The van der Waals surface area contributed by atoms with Gasteiger partial charge in [-0.2, -0.15) is 0 Å². The SMILES string of the molecule is CC(CO)CCC[C@@H](C)C1CCC2C3CC=C4CC(O)CCC4(C)C3CCC21C. The summed E-state index contributed by atoms with van der Waals surface area (Å²) >= 11 is 0. The van der Waals surface area contributed by atoms with Gasteiger partial charge in [-0.05, 0) is 104 Å². The van der Waals surface area contributed by atoms with Crippen LogP contribution >= 0.6 is 0 Å². The Balaban J connectivity index is 1.46. The Hall–Kier alpha value is -0.340. The van der Waals surface area contributed by atoms with Gasteiger partial charge in [0.2, 0.25) is 0 Å². The van der Waals surface area contributed by atoms with E-state index in [2.05, 4.69) is 33.8 Å². The third-order valence-electron chi connectivity index (χ3n) is 10.5. The van der Waals surface area contributed by atoms with E-state index >= 15 is 0 Å². The molecule has 166 valence electrons. The van der Waals surface area contributed by atoms with Crippen LogP contribution in [0.25, 0.3) is 0 Å². The lowest BCUT2D eigenvalue weighted by Crippen LogP contribution is -2.50. The maximum atomic E-state index is 10.2. The molecule has 2 heteroatoms. The minimum Gasteiger partial charge on any atom is -0.396 e. The first-order chi connectivity index (χ1) is 13.8. The zero-order valence-corrected chi connectivity index (χ0v) is 19.5. The zero-order valence-electron chi connectivity index (χ0n) is 19.5. The summed E-state index contributed by atoms with van der Waals surface area (Å²) < 4.78 is 0. The van der Waals surface area contributed by atoms with Gasteiger partial charge in [-0.25, -0.2) is 0 Å². The van der Waals surface area contributed by atoms with Gasteiger partial charge in [0.05, 0.1) is 6.10 Å². The van der Waals surface area contributed by atoms with Gasteiger partial charge in [0.25, 0.3) is 0 Å². The van der Waals surface area contributed by atoms with Crippen molar-refractivity contribution in [3.63, 3.8) is 0 Å². The fraction of sp³-hybridized carbons (Fsp3) is 0.926. The highest BCUT2D eigenvalue weighted by atomic mass is 16.3. The van der Waals surface area contributed by atoms with Crippen molar-refractivity contribution >= 4 is 0 Å². The molecular weight excluding hydrogens is 356 g/mol. The van der Waals surface area contributed by atoms with Crippen LogP contribution in [0.3, 0.4) is 0 Å². The fourth-order valence-electron chi connectivity index (χ4n) is 8.70. The maximum absolute atomic E-state index is 10.2. The van der Waals surface area contributed by atoms with Crippen LogP contribution in [0.1, 0.15) is 98.3 Å². The Bertz CT molecular complexity index is 612. The molecule has 4 aliphatic rings. The van der Waals surface area contributed by atoms with Crippen LogP contribution in [-0.2, 0) is 0 Å². The number of aliphatic hydroxyl groups is 2. The minimum atomic E-state index is -0.0926. The summed E-state index contributed by atoms with van der Waals surface area (Å²) in [7, 11) is 0. The van der Waals surface area contributed by atoms with Crippen LogP contribution in [0.2, 0.25) is 0 Å². The van der Waals surface area contributed by atoms with E-state index in [1.54, 1.807) is 5.57 Å². The van der Waals surface area contributed by atoms with E-state index in [1.807, 2.05) is 0 Å². The molecule has 0 saturated heterocycles. The molecule has 9 atom stereocenters. The highest BCUT2D eigenvalue weighted by Crippen LogP contribution is 2.67. The van der Waals surface area contributed by atoms with Gasteiger partial charge in [0, 0.05) is 6.61 Å². The maximum Gasteiger partial charge on any atom is 0.0577 e. The summed E-state index contributed by atoms with van der Waals surface area (Å²) in [5, 5.41) is 19.5. The second-order valence-corrected chi connectivity index (χ2v) is 12.1. The number of allylic oxidation sites excluding steroid dienone is 1. The summed E-state index contributed by atoms with van der Waals surface area (Å²) in [5.41, 5.74) is 2.51. The standard InChI is InChI=1S/C27H46O2/c1-18(17-28)6-5-7-19(2)23-10-11-24-22-9-8-20-16-21(29)12-14-26(20,3)25(22)13-15-27(23,24)4/h8,18-19,21-25,28-29H,5-7,9-17H2,1-4H3/t18?,19-,21?,22?,23?,24?,25?,26?,27?/m1/s1. The molecule has 4 rings (SSSR count). The molecule has 2 nitrogen and oxygen atoms in total. The number of rotatable bonds is 6. The molecular formula is C27H46O2. The number of hydrogen-bond donors (Lipinski definition) is 2. The van der Waals surface area contributed by atoms with Crippen LogP contribution in [-0.4, -0.2) is 22.9 Å². The van der Waals surface area contributed by atoms with Gasteiger partial charge in [-0.1, -0.05) is 52.2 Å². The van der Waals surface area contributed by atoms with E-state index in [1.165, 1.54) is 57.8 Å². The zero-order chi connectivity index (χ0) is 20.8. The van der Waals surface area contributed by atoms with Crippen molar-refractivity contribution < 1.29 is 10.2 Å². The first kappa shape index (κ1) is 21.9. The molecule has 8 unspecified atom stereocenters. The monoisotopic (exact) mass is 402 g/mol. The van der Waals surface area contributed by atoms with Gasteiger partial charge in [0.15, 0.2) is 0 Å². The molecule has 3 saturated carbocycles. The van der Waals surface area contributed by atoms with Crippen LogP contribution in [0.15, 0.2) is 11.6 Å². The van der Waals surface area contributed by atoms with Gasteiger partial charge < -0.3 is 10.2 Å². The average molecular weight is 403 g/mol. The first-order valence-electron chi connectivity index (χ1n) is 12.8. The summed E-state index contributed by atoms with van der Waals surface area (Å²) in [6, 6.07) is 0. The molecule has 3 fully saturated rings. The van der Waals surface area contributed by atoms with E-state index in [-0.39, 0.29) is 6.10 Å². The molecule has 0 aromatic heterocycles. The van der Waals surface area contributed by atoms with E-state index < -0.39 is 0 Å². The lowest BCUT2D eigenvalue weighted by Gasteiger charge is -2.58. The van der Waals surface area contributed by atoms with Crippen molar-refractivity contribution in [2.24, 2.45) is 46.3 Å². The molecule has 0 amide bonds. The Morgan fingerprint density at radius 3 is 2.59 bits per heavy atom. The summed E-state index contributed by atoms with van der Waals surface area (Å²) in [5.74, 6) is 4.82. The van der Waals surface area contributed by atoms with E-state index in [4.69, 9.17) is 0 Å². The van der Waals surface area contributed by atoms with Gasteiger partial charge in [-0.15, -0.1) is 0 Å². The van der Waals surface area contributed by atoms with Crippen LogP contribution < -0.4 is 0 Å². The molecule has 2 N–H and O–H groups in total. The van der Waals surface area contributed by atoms with E-state index in [9.17, 15) is 10.2 Å². The Kier molecular flexibility index (Phi) is 6.26. The fourth-order valence-corrected chi connectivity index (χ4v) is 8.70. The molecule has 0 spiro atoms. The second-order valence-electron chi connectivity index (χ2n) is 12.1. The molecule has 0 aliphatic heterocycles. The Labute approximate surface area is 179 Å². The molecule has 0 aromatic carbocycles. The normalized spacial score (nSPS) is 46.3. The van der Waals surface area contributed by atoms with Gasteiger partial charge >= 0.3 is 0 Å². The van der Waals surface area contributed by atoms with Crippen LogP contribution in [0.4, 0.5) is 0 Å². The second kappa shape index (κ2) is 8.30. The highest BCUT2D eigenvalue weighted by Gasteiger charge is 2.59. The molecule has 0 aromatic rings. The molecule has 29 heavy (non-hydrogen) atoms. The van der Waals surface area contributed by atoms with Crippen molar-refractivity contribution in [1.29, 1.82) is 0 Å². The smallest absolute Gasteiger partial charge is 0.0577 e. The van der Waals surface area contributed by atoms with Crippen molar-refractivity contribution in [1.82, 2.24) is 0 Å². The van der Waals surface area contributed by atoms with E-state index in [0.29, 0.717) is 23.4 Å². The predicted octanol–water partition coefficient (Wildman–Crippen LogP) is 6.36. The lowest BCUT2D eigenvalue weighted by molar-refractivity contribution is -0.0573. The minimum absolute atomic E-state index is 0.0926. The quantitative estimate of drug-likeness (QED) is 0.507. The summed E-state index contributed by atoms with van der Waals surface area (Å²) in [6.07, 6.45) is 16.4. The largest absolute Gasteiger partial charge is 0.396 e. The molecule has 0 heterocycles. The number of hydrogen-bond acceptors (Lipinski definition) is 2. The average Bonchev–Trinajstić information content (AvgIpc) is 3.05. The van der Waals surface area contributed by atoms with Crippen LogP contribution in [0.5, 0.6) is 0 Å². The topological polar surface area (TPSA) is 40.5 Å². The van der Waals surface area contributed by atoms with Gasteiger partial charge in [0.1, 0.15) is 0 Å². The third-order valence-corrected chi connectivity index (χ3v) is 10.5.